The standard InChI is InChI=1S/C16H21NO6.C11H16S.C2H6/c1-4-11(18)14-12(19)9-13(23-15(14)20)10(2)7-5-6-8-17-16(21)22-3;1-3-4-5-6-7-11-9-8-10(2)12-11;1-2/h6,8-10,19H,4-5,7H2,1-3H3,(H,17,21);3,8-9H,1,4-7H2,2H3;1-2H3/b8-6+;;. The van der Waals surface area contributed by atoms with E-state index in [1.165, 1.54) is 48.4 Å². The molecule has 2 N–H and O–H groups in total. The summed E-state index contributed by atoms with van der Waals surface area (Å²) in [6.45, 7) is 13.3. The van der Waals surface area contributed by atoms with Crippen LogP contribution >= 0.6 is 11.3 Å². The predicted molar refractivity (Wildman–Crippen MR) is 152 cm³/mol. The van der Waals surface area contributed by atoms with Gasteiger partial charge in [-0.1, -0.05) is 39.8 Å². The van der Waals surface area contributed by atoms with Gasteiger partial charge in [0, 0.05) is 34.4 Å². The number of allylic oxidation sites excluding steroid dienone is 2. The number of amides is 1. The number of alkyl carbamates (subject to hydrolysis) is 1. The number of rotatable bonds is 12. The maximum Gasteiger partial charge on any atom is 0.410 e. The van der Waals surface area contributed by atoms with Crippen LogP contribution in [0.1, 0.15) is 98.0 Å². The molecule has 1 atom stereocenters. The van der Waals surface area contributed by atoms with Gasteiger partial charge < -0.3 is 14.3 Å². The first-order chi connectivity index (χ1) is 17.7. The van der Waals surface area contributed by atoms with Gasteiger partial charge in [0.15, 0.2) is 5.78 Å². The second-order valence-electron chi connectivity index (χ2n) is 8.04. The Morgan fingerprint density at radius 1 is 1.24 bits per heavy atom. The third kappa shape index (κ3) is 13.7. The zero-order valence-electron chi connectivity index (χ0n) is 23.1. The molecule has 0 aliphatic heterocycles. The molecule has 8 heteroatoms. The Labute approximate surface area is 225 Å². The average molecular weight is 534 g/mol. The molecule has 0 aliphatic carbocycles. The van der Waals surface area contributed by atoms with Crippen LogP contribution in [0.2, 0.25) is 0 Å². The fraction of sp³-hybridized carbons (Fsp3) is 0.483. The predicted octanol–water partition coefficient (Wildman–Crippen LogP) is 7.67. The van der Waals surface area contributed by atoms with E-state index in [-0.39, 0.29) is 23.7 Å². The molecule has 0 saturated carbocycles. The molecule has 2 aromatic rings. The number of methoxy groups -OCH3 is 1. The third-order valence-electron chi connectivity index (χ3n) is 5.18. The van der Waals surface area contributed by atoms with Crippen molar-refractivity contribution in [3.05, 3.63) is 74.6 Å². The van der Waals surface area contributed by atoms with E-state index in [0.717, 1.165) is 6.42 Å². The Morgan fingerprint density at radius 3 is 2.49 bits per heavy atom. The van der Waals surface area contributed by atoms with Crippen molar-refractivity contribution in [2.75, 3.05) is 7.11 Å². The second kappa shape index (κ2) is 20.0. The van der Waals surface area contributed by atoms with Crippen molar-refractivity contribution in [1.82, 2.24) is 5.32 Å². The molecule has 206 valence electrons. The number of nitrogens with one attached hydrogen (secondary N) is 1. The molecule has 0 aliphatic rings. The smallest absolute Gasteiger partial charge is 0.410 e. The lowest BCUT2D eigenvalue weighted by Gasteiger charge is -2.10. The van der Waals surface area contributed by atoms with Gasteiger partial charge >= 0.3 is 11.7 Å². The number of carbonyl (C=O) groups is 2. The highest BCUT2D eigenvalue weighted by Gasteiger charge is 2.19. The normalized spacial score (nSPS) is 11.0. The molecule has 2 aromatic heterocycles. The van der Waals surface area contributed by atoms with Crippen molar-refractivity contribution in [3.63, 3.8) is 0 Å². The summed E-state index contributed by atoms with van der Waals surface area (Å²) in [7, 11) is 1.27. The van der Waals surface area contributed by atoms with E-state index in [2.05, 4.69) is 35.7 Å². The Hall–Kier alpha value is -3.13. The van der Waals surface area contributed by atoms with Gasteiger partial charge in [0.05, 0.1) is 7.11 Å². The van der Waals surface area contributed by atoms with E-state index in [1.807, 2.05) is 38.2 Å². The summed E-state index contributed by atoms with van der Waals surface area (Å²) >= 11 is 1.92. The maximum atomic E-state index is 11.8. The molecule has 0 saturated heterocycles. The van der Waals surface area contributed by atoms with Gasteiger partial charge in [-0.15, -0.1) is 17.9 Å². The van der Waals surface area contributed by atoms with Crippen molar-refractivity contribution < 1.29 is 23.8 Å². The Balaban J connectivity index is 0.000000775. The summed E-state index contributed by atoms with van der Waals surface area (Å²) in [6.07, 6.45) is 11.0. The fourth-order valence-corrected chi connectivity index (χ4v) is 4.07. The van der Waals surface area contributed by atoms with Crippen LogP contribution in [0.3, 0.4) is 0 Å². The zero-order valence-corrected chi connectivity index (χ0v) is 23.9. The Bertz CT molecular complexity index is 1040. The summed E-state index contributed by atoms with van der Waals surface area (Å²) in [5.74, 6) is -0.623. The minimum atomic E-state index is -0.818. The first-order valence-electron chi connectivity index (χ1n) is 12.8. The molecule has 7 nitrogen and oxygen atoms in total. The number of ketones is 1. The molecule has 0 aromatic carbocycles. The Morgan fingerprint density at radius 2 is 1.95 bits per heavy atom. The van der Waals surface area contributed by atoms with Crippen LogP contribution in [0.25, 0.3) is 0 Å². The Kier molecular flexibility index (Phi) is 18.3. The number of ether oxygens (including phenoxy) is 1. The number of unbranched alkanes of at least 4 members (excludes halogenated alkanes) is 2. The third-order valence-corrected chi connectivity index (χ3v) is 6.24. The highest BCUT2D eigenvalue weighted by Crippen LogP contribution is 2.25. The van der Waals surface area contributed by atoms with Crippen molar-refractivity contribution in [1.29, 1.82) is 0 Å². The van der Waals surface area contributed by atoms with Gasteiger partial charge in [0.2, 0.25) is 0 Å². The van der Waals surface area contributed by atoms with Crippen molar-refractivity contribution in [2.24, 2.45) is 0 Å². The summed E-state index contributed by atoms with van der Waals surface area (Å²) in [5, 5.41) is 12.3. The molecule has 1 unspecified atom stereocenters. The van der Waals surface area contributed by atoms with Crippen LogP contribution in [0.15, 0.2) is 52.3 Å². The van der Waals surface area contributed by atoms with E-state index in [9.17, 15) is 19.5 Å². The van der Waals surface area contributed by atoms with Crippen molar-refractivity contribution >= 4 is 23.2 Å². The topological polar surface area (TPSA) is 106 Å². The molecule has 0 radical (unpaired) electrons. The fourth-order valence-electron chi connectivity index (χ4n) is 3.14. The highest BCUT2D eigenvalue weighted by atomic mass is 32.1. The van der Waals surface area contributed by atoms with Crippen LogP contribution in [0.5, 0.6) is 5.75 Å². The molecule has 0 spiro atoms. The lowest BCUT2D eigenvalue weighted by atomic mass is 10.0. The van der Waals surface area contributed by atoms with Gasteiger partial charge in [-0.3, -0.25) is 10.1 Å². The van der Waals surface area contributed by atoms with Crippen LogP contribution in [0, 0.1) is 6.92 Å². The van der Waals surface area contributed by atoms with Gasteiger partial charge in [-0.05, 0) is 57.6 Å². The second-order valence-corrected chi connectivity index (χ2v) is 9.41. The SMILES string of the molecule is C=CCCCCc1ccc(C)s1.CC.CCC(=O)c1c(O)cc(C(C)CC/C=C/NC(=O)OC)oc1=O. The van der Waals surface area contributed by atoms with E-state index >= 15 is 0 Å². The van der Waals surface area contributed by atoms with Gasteiger partial charge in [-0.25, -0.2) is 9.59 Å². The number of thiophene rings is 1. The molecule has 2 heterocycles. The summed E-state index contributed by atoms with van der Waals surface area (Å²) in [4.78, 5) is 37.2. The molecular formula is C29H43NO6S. The summed E-state index contributed by atoms with van der Waals surface area (Å²) < 4.78 is 9.54. The highest BCUT2D eigenvalue weighted by molar-refractivity contribution is 7.11. The van der Waals surface area contributed by atoms with Gasteiger partial charge in [0.25, 0.3) is 0 Å². The number of hydrogen-bond acceptors (Lipinski definition) is 7. The molecule has 2 rings (SSSR count). The first kappa shape index (κ1) is 33.9. The van der Waals surface area contributed by atoms with E-state index in [1.54, 1.807) is 13.0 Å². The number of aromatic hydroxyl groups is 1. The van der Waals surface area contributed by atoms with Crippen LogP contribution in [-0.2, 0) is 11.2 Å². The lowest BCUT2D eigenvalue weighted by Crippen LogP contribution is -2.16. The summed E-state index contributed by atoms with van der Waals surface area (Å²) in [5.41, 5.74) is -1.12. The molecule has 0 bridgehead atoms. The van der Waals surface area contributed by atoms with E-state index < -0.39 is 17.5 Å². The number of Topliss-reactive ketones (excluding diaryl/α,β-unsaturated/α-hetero) is 1. The molecule has 1 amide bonds. The van der Waals surface area contributed by atoms with E-state index in [0.29, 0.717) is 18.6 Å². The minimum Gasteiger partial charge on any atom is -0.507 e. The van der Waals surface area contributed by atoms with Crippen LogP contribution in [0.4, 0.5) is 4.79 Å². The van der Waals surface area contributed by atoms with Gasteiger partial charge in [0.1, 0.15) is 17.1 Å². The largest absolute Gasteiger partial charge is 0.507 e. The number of carbonyl (C=O) groups excluding carboxylic acids is 2. The number of hydrogen-bond donors (Lipinski definition) is 2. The summed E-state index contributed by atoms with van der Waals surface area (Å²) in [6, 6.07) is 5.76. The quantitative estimate of drug-likeness (QED) is 0.165. The maximum absolute atomic E-state index is 11.8. The van der Waals surface area contributed by atoms with Gasteiger partial charge in [-0.2, -0.15) is 0 Å². The zero-order chi connectivity index (χ0) is 28.2. The van der Waals surface area contributed by atoms with E-state index in [4.69, 9.17) is 4.42 Å². The average Bonchev–Trinajstić information content (AvgIpc) is 3.31. The molecule has 37 heavy (non-hydrogen) atoms. The van der Waals surface area contributed by atoms with Crippen LogP contribution in [-0.4, -0.2) is 24.1 Å². The van der Waals surface area contributed by atoms with Crippen molar-refractivity contribution in [3.8, 4) is 5.75 Å². The minimum absolute atomic E-state index is 0.116. The molecular weight excluding hydrogens is 490 g/mol. The monoisotopic (exact) mass is 533 g/mol. The van der Waals surface area contributed by atoms with Crippen LogP contribution < -0.4 is 10.9 Å². The first-order valence-corrected chi connectivity index (χ1v) is 13.6. The lowest BCUT2D eigenvalue weighted by molar-refractivity contribution is 0.0980. The molecule has 0 fully saturated rings. The van der Waals surface area contributed by atoms with Crippen molar-refractivity contribution in [2.45, 2.75) is 85.5 Å². The number of aryl methyl sites for hydroxylation is 2.